The summed E-state index contributed by atoms with van der Waals surface area (Å²) in [6, 6.07) is 0.390. The molecule has 1 aliphatic carbocycles. The maximum absolute atomic E-state index is 11.4. The van der Waals surface area contributed by atoms with Crippen molar-refractivity contribution >= 4 is 5.91 Å². The second kappa shape index (κ2) is 3.51. The van der Waals surface area contributed by atoms with Gasteiger partial charge in [0.15, 0.2) is 0 Å². The summed E-state index contributed by atoms with van der Waals surface area (Å²) in [5.74, 6) is 1.36. The molecule has 0 aromatic heterocycles. The minimum atomic E-state index is -0.00204. The zero-order valence-electron chi connectivity index (χ0n) is 8.86. The first-order valence-corrected chi connectivity index (χ1v) is 5.34. The summed E-state index contributed by atoms with van der Waals surface area (Å²) in [5.41, 5.74) is 5.97. The number of nitrogens with two attached hydrogens (primary N) is 1. The number of piperidine rings is 2. The Bertz CT molecular complexity index is 232. The number of carbonyl (C=O) groups excluding carboxylic acids is 1. The summed E-state index contributed by atoms with van der Waals surface area (Å²) in [6.07, 6.45) is 1.26. The van der Waals surface area contributed by atoms with Gasteiger partial charge in [-0.1, -0.05) is 0 Å². The monoisotopic (exact) mass is 197 g/mol. The first-order valence-electron chi connectivity index (χ1n) is 5.34. The minimum Gasteiger partial charge on any atom is -0.358 e. The van der Waals surface area contributed by atoms with Crippen LogP contribution < -0.4 is 11.1 Å². The largest absolute Gasteiger partial charge is 0.358 e. The van der Waals surface area contributed by atoms with Crippen LogP contribution in [0.15, 0.2) is 0 Å². The van der Waals surface area contributed by atoms with Crippen LogP contribution in [-0.2, 0) is 4.79 Å². The number of likely N-dealkylation sites (N-methyl/N-ethyl adjacent to an activating group) is 1. The van der Waals surface area contributed by atoms with Crippen molar-refractivity contribution < 1.29 is 4.79 Å². The van der Waals surface area contributed by atoms with Gasteiger partial charge in [0.1, 0.15) is 0 Å². The van der Waals surface area contributed by atoms with Gasteiger partial charge in [0, 0.05) is 26.2 Å². The van der Waals surface area contributed by atoms with Crippen LogP contribution in [0.2, 0.25) is 0 Å². The molecular weight excluding hydrogens is 178 g/mol. The van der Waals surface area contributed by atoms with E-state index in [1.54, 1.807) is 7.05 Å². The molecule has 2 saturated heterocycles. The number of carbonyl (C=O) groups is 1. The van der Waals surface area contributed by atoms with Crippen molar-refractivity contribution in [2.24, 2.45) is 17.6 Å². The normalized spacial score (nSPS) is 38.6. The molecule has 3 fully saturated rings. The molecule has 0 spiro atoms. The molecule has 4 nitrogen and oxygen atoms in total. The zero-order valence-corrected chi connectivity index (χ0v) is 8.86. The second-order valence-electron chi connectivity index (χ2n) is 4.58. The summed E-state index contributed by atoms with van der Waals surface area (Å²) in [4.78, 5) is 13.7. The lowest BCUT2D eigenvalue weighted by Gasteiger charge is -2.53. The third-order valence-electron chi connectivity index (χ3n) is 3.81. The van der Waals surface area contributed by atoms with Gasteiger partial charge >= 0.3 is 0 Å². The molecule has 0 radical (unpaired) electrons. The highest BCUT2D eigenvalue weighted by Gasteiger charge is 2.45. The summed E-state index contributed by atoms with van der Waals surface area (Å²) in [7, 11) is 1.69. The highest BCUT2D eigenvalue weighted by Crippen LogP contribution is 2.39. The van der Waals surface area contributed by atoms with Gasteiger partial charge in [-0.2, -0.15) is 0 Å². The Hall–Kier alpha value is -0.610. The average Bonchev–Trinajstić information content (AvgIpc) is 2.26. The van der Waals surface area contributed by atoms with E-state index in [4.69, 9.17) is 5.73 Å². The van der Waals surface area contributed by atoms with E-state index in [-0.39, 0.29) is 11.9 Å². The van der Waals surface area contributed by atoms with Crippen molar-refractivity contribution in [1.82, 2.24) is 10.2 Å². The Labute approximate surface area is 84.8 Å². The lowest BCUT2D eigenvalue weighted by atomic mass is 9.66. The topological polar surface area (TPSA) is 58.4 Å². The Kier molecular flexibility index (Phi) is 2.49. The van der Waals surface area contributed by atoms with Gasteiger partial charge in [-0.05, 0) is 25.2 Å². The van der Waals surface area contributed by atoms with E-state index >= 15 is 0 Å². The van der Waals surface area contributed by atoms with Crippen molar-refractivity contribution in [2.45, 2.75) is 25.4 Å². The first kappa shape index (κ1) is 9.93. The Morgan fingerprint density at radius 2 is 2.07 bits per heavy atom. The summed E-state index contributed by atoms with van der Waals surface area (Å²) >= 11 is 0. The number of amides is 1. The van der Waals surface area contributed by atoms with Crippen molar-refractivity contribution in [2.75, 3.05) is 20.1 Å². The van der Waals surface area contributed by atoms with Crippen molar-refractivity contribution in [1.29, 1.82) is 0 Å². The van der Waals surface area contributed by atoms with Crippen LogP contribution in [0, 0.1) is 11.8 Å². The SMILES string of the molecule is CNC(=O)C(C)N1CC2CC(C1)C2N. The smallest absolute Gasteiger partial charge is 0.236 e. The molecule has 80 valence electrons. The predicted octanol–water partition coefficient (Wildman–Crippen LogP) is -0.600. The number of rotatable bonds is 2. The van der Waals surface area contributed by atoms with Gasteiger partial charge in [-0.25, -0.2) is 0 Å². The summed E-state index contributed by atoms with van der Waals surface area (Å²) < 4.78 is 0. The van der Waals surface area contributed by atoms with E-state index in [0.717, 1.165) is 13.1 Å². The third kappa shape index (κ3) is 1.42. The number of fused-ring (bicyclic) bond motifs is 2. The molecule has 1 amide bonds. The van der Waals surface area contributed by atoms with E-state index in [1.165, 1.54) is 6.42 Å². The average molecular weight is 197 g/mol. The molecule has 3 rings (SSSR count). The van der Waals surface area contributed by atoms with E-state index in [0.29, 0.717) is 17.9 Å². The van der Waals surface area contributed by atoms with Crippen LogP contribution in [0.5, 0.6) is 0 Å². The second-order valence-corrected chi connectivity index (χ2v) is 4.58. The standard InChI is InChI=1S/C10H19N3O/c1-6(10(14)12-2)13-4-7-3-8(5-13)9(7)11/h6-9H,3-5,11H2,1-2H3,(H,12,14). The molecule has 4 heteroatoms. The number of hydrogen-bond donors (Lipinski definition) is 2. The van der Waals surface area contributed by atoms with Crippen LogP contribution in [0.1, 0.15) is 13.3 Å². The number of hydrogen-bond acceptors (Lipinski definition) is 3. The van der Waals surface area contributed by atoms with Crippen molar-refractivity contribution in [3.8, 4) is 0 Å². The molecule has 0 aromatic rings. The maximum atomic E-state index is 11.4. The van der Waals surface area contributed by atoms with Gasteiger partial charge in [-0.15, -0.1) is 0 Å². The van der Waals surface area contributed by atoms with Crippen molar-refractivity contribution in [3.05, 3.63) is 0 Å². The number of nitrogens with zero attached hydrogens (tertiary/aromatic N) is 1. The molecule has 3 unspecified atom stereocenters. The molecule has 3 N–H and O–H groups in total. The van der Waals surface area contributed by atoms with Crippen LogP contribution in [0.3, 0.4) is 0 Å². The molecule has 2 bridgehead atoms. The Morgan fingerprint density at radius 3 is 2.50 bits per heavy atom. The van der Waals surface area contributed by atoms with E-state index in [1.807, 2.05) is 6.92 Å². The van der Waals surface area contributed by atoms with Gasteiger partial charge in [-0.3, -0.25) is 9.69 Å². The van der Waals surface area contributed by atoms with Crippen molar-refractivity contribution in [3.63, 3.8) is 0 Å². The Balaban J connectivity index is 1.92. The zero-order chi connectivity index (χ0) is 10.3. The molecule has 2 heterocycles. The number of nitrogens with one attached hydrogen (secondary N) is 1. The van der Waals surface area contributed by atoms with E-state index < -0.39 is 0 Å². The van der Waals surface area contributed by atoms with Crippen LogP contribution >= 0.6 is 0 Å². The fourth-order valence-electron chi connectivity index (χ4n) is 2.65. The molecule has 14 heavy (non-hydrogen) atoms. The highest BCUT2D eigenvalue weighted by atomic mass is 16.2. The Morgan fingerprint density at radius 1 is 1.50 bits per heavy atom. The fraction of sp³-hybridized carbons (Fsp3) is 0.900. The minimum absolute atomic E-state index is 0.00204. The molecule has 2 aliphatic heterocycles. The molecule has 1 saturated carbocycles. The fourth-order valence-corrected chi connectivity index (χ4v) is 2.65. The van der Waals surface area contributed by atoms with Crippen LogP contribution in [0.25, 0.3) is 0 Å². The third-order valence-corrected chi connectivity index (χ3v) is 3.81. The predicted molar refractivity (Wildman–Crippen MR) is 54.7 cm³/mol. The van der Waals surface area contributed by atoms with E-state index in [2.05, 4.69) is 10.2 Å². The van der Waals surface area contributed by atoms with Gasteiger partial charge in [0.25, 0.3) is 0 Å². The van der Waals surface area contributed by atoms with E-state index in [9.17, 15) is 4.79 Å². The molecule has 3 aliphatic rings. The molecule has 0 aromatic carbocycles. The summed E-state index contributed by atoms with van der Waals surface area (Å²) in [5, 5.41) is 2.69. The van der Waals surface area contributed by atoms with Crippen LogP contribution in [0.4, 0.5) is 0 Å². The van der Waals surface area contributed by atoms with Crippen LogP contribution in [-0.4, -0.2) is 43.0 Å². The van der Waals surface area contributed by atoms with Gasteiger partial charge in [0.05, 0.1) is 6.04 Å². The highest BCUT2D eigenvalue weighted by molar-refractivity contribution is 5.81. The van der Waals surface area contributed by atoms with Gasteiger partial charge in [0.2, 0.25) is 5.91 Å². The summed E-state index contributed by atoms with van der Waals surface area (Å²) in [6.45, 7) is 3.95. The molecule has 3 atom stereocenters. The van der Waals surface area contributed by atoms with Gasteiger partial charge < -0.3 is 11.1 Å². The molecular formula is C10H19N3O. The maximum Gasteiger partial charge on any atom is 0.236 e. The quantitative estimate of drug-likeness (QED) is 0.621. The lowest BCUT2D eigenvalue weighted by Crippen LogP contribution is -2.64. The lowest BCUT2D eigenvalue weighted by molar-refractivity contribution is -0.128. The first-order chi connectivity index (χ1) is 6.63.